The Hall–Kier alpha value is -2.26. The van der Waals surface area contributed by atoms with E-state index in [1.165, 1.54) is 24.3 Å². The van der Waals surface area contributed by atoms with Gasteiger partial charge >= 0.3 is 12.6 Å². The van der Waals surface area contributed by atoms with Crippen molar-refractivity contribution < 1.29 is 33.0 Å². The molecule has 0 spiro atoms. The number of ether oxygens (including phenoxy) is 2. The lowest BCUT2D eigenvalue weighted by atomic mass is 10.1. The first kappa shape index (κ1) is 18.5. The summed E-state index contributed by atoms with van der Waals surface area (Å²) in [6, 6.07) is 5.37. The monoisotopic (exact) mass is 370 g/mol. The lowest BCUT2D eigenvalue weighted by molar-refractivity contribution is -0.139. The van der Waals surface area contributed by atoms with Gasteiger partial charge in [-0.3, -0.25) is 14.5 Å². The summed E-state index contributed by atoms with van der Waals surface area (Å²) in [7, 11) is 0. The fourth-order valence-electron chi connectivity index (χ4n) is 3.42. The van der Waals surface area contributed by atoms with Crippen LogP contribution in [-0.2, 0) is 9.53 Å². The molecule has 0 radical (unpaired) electrons. The van der Waals surface area contributed by atoms with Gasteiger partial charge in [0.1, 0.15) is 5.75 Å². The Kier molecular flexibility index (Phi) is 5.67. The van der Waals surface area contributed by atoms with Crippen molar-refractivity contribution in [1.82, 2.24) is 9.80 Å². The summed E-state index contributed by atoms with van der Waals surface area (Å²) in [5.41, 5.74) is 0.372. The lowest BCUT2D eigenvalue weighted by Crippen LogP contribution is -2.47. The average molecular weight is 370 g/mol. The number of nitrogens with zero attached hydrogens (tertiary/aromatic N) is 2. The zero-order chi connectivity index (χ0) is 18.7. The molecule has 3 rings (SSSR count). The highest BCUT2D eigenvalue weighted by Gasteiger charge is 2.36. The maximum Gasteiger partial charge on any atom is 0.387 e. The quantitative estimate of drug-likeness (QED) is 0.838. The van der Waals surface area contributed by atoms with Crippen molar-refractivity contribution in [1.29, 1.82) is 0 Å². The Morgan fingerprint density at radius 2 is 1.92 bits per heavy atom. The summed E-state index contributed by atoms with van der Waals surface area (Å²) in [6.45, 7) is -0.791. The van der Waals surface area contributed by atoms with E-state index in [1.54, 1.807) is 4.90 Å². The van der Waals surface area contributed by atoms with Crippen molar-refractivity contribution in [3.05, 3.63) is 29.8 Å². The van der Waals surface area contributed by atoms with Crippen LogP contribution in [0.15, 0.2) is 24.3 Å². The fourth-order valence-corrected chi connectivity index (χ4v) is 3.42. The number of carboxylic acid groups (broad SMARTS) is 1. The minimum atomic E-state index is -2.92. The van der Waals surface area contributed by atoms with Gasteiger partial charge in [-0.2, -0.15) is 8.78 Å². The van der Waals surface area contributed by atoms with Crippen LogP contribution in [0.2, 0.25) is 0 Å². The molecule has 26 heavy (non-hydrogen) atoms. The van der Waals surface area contributed by atoms with Crippen LogP contribution in [0, 0.1) is 5.92 Å². The normalized spacial score (nSPS) is 23.6. The van der Waals surface area contributed by atoms with Gasteiger partial charge in [0.15, 0.2) is 0 Å². The van der Waals surface area contributed by atoms with Crippen LogP contribution >= 0.6 is 0 Å². The summed E-state index contributed by atoms with van der Waals surface area (Å²) in [5.74, 6) is -1.12. The van der Waals surface area contributed by atoms with Gasteiger partial charge in [0.2, 0.25) is 0 Å². The van der Waals surface area contributed by atoms with Gasteiger partial charge in [0.05, 0.1) is 25.8 Å². The first-order valence-corrected chi connectivity index (χ1v) is 8.30. The molecule has 2 aliphatic rings. The third kappa shape index (κ3) is 4.47. The van der Waals surface area contributed by atoms with E-state index in [1.807, 2.05) is 4.90 Å². The van der Waals surface area contributed by atoms with Gasteiger partial charge in [-0.15, -0.1) is 0 Å². The van der Waals surface area contributed by atoms with Crippen LogP contribution in [0.3, 0.4) is 0 Å². The van der Waals surface area contributed by atoms with E-state index in [9.17, 15) is 18.4 Å². The van der Waals surface area contributed by atoms with Crippen molar-refractivity contribution in [3.63, 3.8) is 0 Å². The van der Waals surface area contributed by atoms with Crippen molar-refractivity contribution in [2.75, 3.05) is 39.4 Å². The molecule has 2 heterocycles. The summed E-state index contributed by atoms with van der Waals surface area (Å²) in [5, 5.41) is 9.09. The largest absolute Gasteiger partial charge is 0.480 e. The molecule has 9 heteroatoms. The van der Waals surface area contributed by atoms with E-state index in [0.717, 1.165) is 0 Å². The minimum Gasteiger partial charge on any atom is -0.480 e. The third-order valence-electron chi connectivity index (χ3n) is 4.53. The Morgan fingerprint density at radius 3 is 2.58 bits per heavy atom. The average Bonchev–Trinajstić information content (AvgIpc) is 2.83. The number of aliphatic carboxylic acids is 1. The molecule has 1 aromatic rings. The number of amides is 1. The molecule has 0 aliphatic carbocycles. The number of carbonyl (C=O) groups excluding carboxylic acids is 1. The second-order valence-corrected chi connectivity index (χ2v) is 6.49. The van der Waals surface area contributed by atoms with E-state index < -0.39 is 12.6 Å². The molecule has 1 amide bonds. The predicted octanol–water partition coefficient (Wildman–Crippen LogP) is 1.15. The van der Waals surface area contributed by atoms with Crippen molar-refractivity contribution in [3.8, 4) is 5.75 Å². The molecule has 2 aliphatic heterocycles. The number of alkyl halides is 2. The van der Waals surface area contributed by atoms with E-state index in [-0.39, 0.29) is 30.2 Å². The minimum absolute atomic E-state index is 0.00896. The zero-order valence-corrected chi connectivity index (χ0v) is 14.0. The molecule has 7 nitrogen and oxygen atoms in total. The van der Waals surface area contributed by atoms with Crippen LogP contribution in [0.5, 0.6) is 5.75 Å². The number of hydrogen-bond acceptors (Lipinski definition) is 5. The summed E-state index contributed by atoms with van der Waals surface area (Å²) in [4.78, 5) is 27.4. The van der Waals surface area contributed by atoms with Crippen LogP contribution in [0.1, 0.15) is 10.4 Å². The fraction of sp³-hybridized carbons (Fsp3) is 0.529. The summed E-state index contributed by atoms with van der Waals surface area (Å²) < 4.78 is 34.3. The Labute approximate surface area is 149 Å². The molecule has 0 aromatic heterocycles. The lowest BCUT2D eigenvalue weighted by Gasteiger charge is -2.30. The molecule has 1 N–H and O–H groups in total. The first-order chi connectivity index (χ1) is 12.4. The zero-order valence-electron chi connectivity index (χ0n) is 14.0. The molecule has 142 valence electrons. The highest BCUT2D eigenvalue weighted by Crippen LogP contribution is 2.22. The number of hydrogen-bond donors (Lipinski definition) is 1. The maximum absolute atomic E-state index is 12.8. The van der Waals surface area contributed by atoms with Crippen LogP contribution in [-0.4, -0.2) is 78.8 Å². The molecule has 0 saturated carbocycles. The highest BCUT2D eigenvalue weighted by atomic mass is 19.3. The van der Waals surface area contributed by atoms with Gasteiger partial charge in [0, 0.05) is 31.1 Å². The van der Waals surface area contributed by atoms with Gasteiger partial charge < -0.3 is 19.5 Å². The van der Waals surface area contributed by atoms with Crippen molar-refractivity contribution in [2.24, 2.45) is 5.92 Å². The van der Waals surface area contributed by atoms with Crippen LogP contribution in [0.25, 0.3) is 0 Å². The van der Waals surface area contributed by atoms with E-state index in [0.29, 0.717) is 38.4 Å². The van der Waals surface area contributed by atoms with Gasteiger partial charge in [-0.05, 0) is 24.3 Å². The number of rotatable bonds is 5. The molecular formula is C17H20F2N2O5. The van der Waals surface area contributed by atoms with Gasteiger partial charge in [0.25, 0.3) is 5.91 Å². The second kappa shape index (κ2) is 7.96. The smallest absolute Gasteiger partial charge is 0.387 e. The van der Waals surface area contributed by atoms with Crippen molar-refractivity contribution >= 4 is 11.9 Å². The SMILES string of the molecule is O=C(O)CN1C[C@H]2COC[C@@H]1CN(C(=O)c1ccc(OC(F)F)cc1)C2. The summed E-state index contributed by atoms with van der Waals surface area (Å²) in [6.07, 6.45) is 0. The summed E-state index contributed by atoms with van der Waals surface area (Å²) >= 11 is 0. The number of carboxylic acids is 1. The number of halogens is 2. The Bertz CT molecular complexity index is 655. The highest BCUT2D eigenvalue weighted by molar-refractivity contribution is 5.94. The van der Waals surface area contributed by atoms with Crippen LogP contribution < -0.4 is 4.74 Å². The Morgan fingerprint density at radius 1 is 1.19 bits per heavy atom. The number of carbonyl (C=O) groups is 2. The van der Waals surface area contributed by atoms with Crippen molar-refractivity contribution in [2.45, 2.75) is 12.7 Å². The molecule has 0 unspecified atom stereocenters. The molecule has 1 aromatic carbocycles. The van der Waals surface area contributed by atoms with E-state index >= 15 is 0 Å². The number of fused-ring (bicyclic) bond motifs is 3. The van der Waals surface area contributed by atoms with Gasteiger partial charge in [-0.25, -0.2) is 0 Å². The Balaban J connectivity index is 1.72. The number of benzene rings is 1. The maximum atomic E-state index is 12.8. The molecule has 2 saturated heterocycles. The van der Waals surface area contributed by atoms with Crippen LogP contribution in [0.4, 0.5) is 8.78 Å². The second-order valence-electron chi connectivity index (χ2n) is 6.49. The predicted molar refractivity (Wildman–Crippen MR) is 86.3 cm³/mol. The molecule has 2 bridgehead atoms. The standard InChI is InChI=1S/C17H20F2N2O5/c18-17(19)26-14-3-1-12(2-4-14)16(24)21-6-11-5-20(8-15(22)23)13(7-21)10-25-9-11/h1-4,11,13,17H,5-10H2,(H,22,23)/t11-,13+/m1/s1. The van der Waals surface area contributed by atoms with E-state index in [4.69, 9.17) is 9.84 Å². The first-order valence-electron chi connectivity index (χ1n) is 8.30. The third-order valence-corrected chi connectivity index (χ3v) is 4.53. The topological polar surface area (TPSA) is 79.3 Å². The molecule has 2 fully saturated rings. The van der Waals surface area contributed by atoms with Gasteiger partial charge in [-0.1, -0.05) is 0 Å². The molecule has 2 atom stereocenters. The van der Waals surface area contributed by atoms with E-state index in [2.05, 4.69) is 4.74 Å². The molecular weight excluding hydrogens is 350 g/mol.